The van der Waals surface area contributed by atoms with Crippen molar-refractivity contribution in [1.29, 1.82) is 0 Å². The van der Waals surface area contributed by atoms with E-state index in [0.717, 1.165) is 43.6 Å². The Bertz CT molecular complexity index is 1150. The van der Waals surface area contributed by atoms with E-state index in [4.69, 9.17) is 9.47 Å². The number of carbonyl (C=O) groups excluding carboxylic acids is 2. The van der Waals surface area contributed by atoms with Gasteiger partial charge in [-0.25, -0.2) is 13.2 Å². The molecule has 0 saturated carbocycles. The van der Waals surface area contributed by atoms with Crippen LogP contribution in [0.3, 0.4) is 0 Å². The van der Waals surface area contributed by atoms with E-state index in [0.29, 0.717) is 30.8 Å². The third-order valence-electron chi connectivity index (χ3n) is 6.32. The summed E-state index contributed by atoms with van der Waals surface area (Å²) in [5.74, 6) is -1.01. The first kappa shape index (κ1) is 26.1. The van der Waals surface area contributed by atoms with Gasteiger partial charge in [0.15, 0.2) is 6.61 Å². The zero-order valence-electron chi connectivity index (χ0n) is 20.4. The number of rotatable bonds is 10. The summed E-state index contributed by atoms with van der Waals surface area (Å²) in [5.41, 5.74) is 3.03. The molecule has 1 fully saturated rings. The van der Waals surface area contributed by atoms with Crippen LogP contribution in [0.5, 0.6) is 0 Å². The molecule has 0 amide bonds. The lowest BCUT2D eigenvalue weighted by molar-refractivity contribution is 0.0473. The van der Waals surface area contributed by atoms with Gasteiger partial charge in [-0.15, -0.1) is 0 Å². The molecule has 34 heavy (non-hydrogen) atoms. The minimum atomic E-state index is -3.68. The molecule has 1 aromatic carbocycles. The SMILES string of the molecule is COCCCn1c(C)cc(C(=O)COC(=O)c2cc(S(=O)(=O)N3CCCCC3)ccc2C)c1C. The fourth-order valence-corrected chi connectivity index (χ4v) is 5.86. The summed E-state index contributed by atoms with van der Waals surface area (Å²) in [6, 6.07) is 6.27. The molecule has 0 N–H and O–H groups in total. The van der Waals surface area contributed by atoms with E-state index in [9.17, 15) is 18.0 Å². The first-order valence-corrected chi connectivity index (χ1v) is 13.1. The van der Waals surface area contributed by atoms with Gasteiger partial charge in [0.2, 0.25) is 15.8 Å². The van der Waals surface area contributed by atoms with Crippen molar-refractivity contribution in [1.82, 2.24) is 8.87 Å². The fraction of sp³-hybridized carbons (Fsp3) is 0.520. The number of esters is 1. The first-order valence-electron chi connectivity index (χ1n) is 11.6. The molecule has 0 spiro atoms. The van der Waals surface area contributed by atoms with Crippen LogP contribution in [0.2, 0.25) is 0 Å². The summed E-state index contributed by atoms with van der Waals surface area (Å²) < 4.78 is 39.9. The molecule has 9 heteroatoms. The van der Waals surface area contributed by atoms with Gasteiger partial charge in [0.05, 0.1) is 10.5 Å². The molecule has 0 bridgehead atoms. The fourth-order valence-electron chi connectivity index (χ4n) is 4.32. The van der Waals surface area contributed by atoms with Crippen molar-refractivity contribution in [3.63, 3.8) is 0 Å². The summed E-state index contributed by atoms with van der Waals surface area (Å²) in [5, 5.41) is 0. The normalized spacial score (nSPS) is 14.8. The minimum Gasteiger partial charge on any atom is -0.454 e. The number of sulfonamides is 1. The van der Waals surface area contributed by atoms with Gasteiger partial charge in [-0.3, -0.25) is 4.79 Å². The Kier molecular flexibility index (Phi) is 8.67. The Labute approximate surface area is 201 Å². The highest BCUT2D eigenvalue weighted by atomic mass is 32.2. The minimum absolute atomic E-state index is 0.0675. The van der Waals surface area contributed by atoms with Crippen LogP contribution in [0, 0.1) is 20.8 Å². The van der Waals surface area contributed by atoms with Crippen LogP contribution in [0.25, 0.3) is 0 Å². The summed E-state index contributed by atoms with van der Waals surface area (Å²) in [6.07, 6.45) is 3.50. The molecule has 186 valence electrons. The Morgan fingerprint density at radius 2 is 1.71 bits per heavy atom. The van der Waals surface area contributed by atoms with E-state index >= 15 is 0 Å². The van der Waals surface area contributed by atoms with E-state index in [-0.39, 0.29) is 16.2 Å². The largest absolute Gasteiger partial charge is 0.454 e. The van der Waals surface area contributed by atoms with Crippen molar-refractivity contribution in [3.05, 3.63) is 52.3 Å². The van der Waals surface area contributed by atoms with Gasteiger partial charge in [-0.2, -0.15) is 4.31 Å². The summed E-state index contributed by atoms with van der Waals surface area (Å²) in [4.78, 5) is 25.7. The van der Waals surface area contributed by atoms with E-state index in [1.807, 2.05) is 18.4 Å². The molecule has 8 nitrogen and oxygen atoms in total. The Balaban J connectivity index is 1.71. The van der Waals surface area contributed by atoms with Crippen LogP contribution in [0.15, 0.2) is 29.2 Å². The number of carbonyl (C=O) groups is 2. The van der Waals surface area contributed by atoms with Gasteiger partial charge in [-0.05, 0) is 63.8 Å². The molecule has 1 aliphatic rings. The molecule has 0 unspecified atom stereocenters. The molecule has 0 atom stereocenters. The van der Waals surface area contributed by atoms with Crippen molar-refractivity contribution < 1.29 is 27.5 Å². The van der Waals surface area contributed by atoms with Gasteiger partial charge in [-0.1, -0.05) is 12.5 Å². The number of ketones is 1. The van der Waals surface area contributed by atoms with Crippen LogP contribution < -0.4 is 0 Å². The van der Waals surface area contributed by atoms with E-state index in [1.165, 1.54) is 16.4 Å². The van der Waals surface area contributed by atoms with Crippen LogP contribution in [0.1, 0.15) is 63.4 Å². The molecule has 3 rings (SSSR count). The predicted molar refractivity (Wildman–Crippen MR) is 129 cm³/mol. The quantitative estimate of drug-likeness (QED) is 0.287. The summed E-state index contributed by atoms with van der Waals surface area (Å²) >= 11 is 0. The van der Waals surface area contributed by atoms with E-state index in [2.05, 4.69) is 0 Å². The molecular formula is C25H34N2O6S. The van der Waals surface area contributed by atoms with Gasteiger partial charge in [0.1, 0.15) is 0 Å². The van der Waals surface area contributed by atoms with E-state index in [1.54, 1.807) is 26.2 Å². The number of aryl methyl sites for hydroxylation is 2. The highest BCUT2D eigenvalue weighted by Crippen LogP contribution is 2.23. The van der Waals surface area contributed by atoms with Crippen molar-refractivity contribution in [2.24, 2.45) is 0 Å². The van der Waals surface area contributed by atoms with Crippen molar-refractivity contribution in [2.45, 2.75) is 57.9 Å². The molecule has 2 aromatic rings. The monoisotopic (exact) mass is 490 g/mol. The molecule has 1 aliphatic heterocycles. The van der Waals surface area contributed by atoms with Crippen molar-refractivity contribution >= 4 is 21.8 Å². The lowest BCUT2D eigenvalue weighted by Gasteiger charge is -2.26. The van der Waals surface area contributed by atoms with Gasteiger partial charge in [0.25, 0.3) is 0 Å². The number of hydrogen-bond donors (Lipinski definition) is 0. The van der Waals surface area contributed by atoms with Crippen LogP contribution in [-0.2, 0) is 26.0 Å². The third-order valence-corrected chi connectivity index (χ3v) is 8.21. The molecule has 0 aliphatic carbocycles. The lowest BCUT2D eigenvalue weighted by atomic mass is 10.1. The molecule has 1 saturated heterocycles. The smallest absolute Gasteiger partial charge is 0.338 e. The zero-order valence-corrected chi connectivity index (χ0v) is 21.2. The Morgan fingerprint density at radius 1 is 1.00 bits per heavy atom. The van der Waals surface area contributed by atoms with E-state index < -0.39 is 22.6 Å². The predicted octanol–water partition coefficient (Wildman–Crippen LogP) is 3.66. The molecular weight excluding hydrogens is 456 g/mol. The maximum atomic E-state index is 13.0. The van der Waals surface area contributed by atoms with Gasteiger partial charge in [0, 0.05) is 50.3 Å². The third kappa shape index (κ3) is 5.76. The number of hydrogen-bond acceptors (Lipinski definition) is 6. The molecule has 1 aromatic heterocycles. The average Bonchev–Trinajstić information content (AvgIpc) is 3.11. The van der Waals surface area contributed by atoms with Crippen molar-refractivity contribution in [2.75, 3.05) is 33.4 Å². The van der Waals surface area contributed by atoms with Crippen LogP contribution in [0.4, 0.5) is 0 Å². The second kappa shape index (κ2) is 11.3. The summed E-state index contributed by atoms with van der Waals surface area (Å²) in [6.45, 7) is 7.42. The topological polar surface area (TPSA) is 94.9 Å². The second-order valence-electron chi connectivity index (χ2n) is 8.72. The Morgan fingerprint density at radius 3 is 2.38 bits per heavy atom. The maximum Gasteiger partial charge on any atom is 0.338 e. The van der Waals surface area contributed by atoms with Crippen molar-refractivity contribution in [3.8, 4) is 0 Å². The average molecular weight is 491 g/mol. The highest BCUT2D eigenvalue weighted by Gasteiger charge is 2.27. The Hall–Kier alpha value is -2.49. The molecule has 0 radical (unpaired) electrons. The highest BCUT2D eigenvalue weighted by molar-refractivity contribution is 7.89. The van der Waals surface area contributed by atoms with Gasteiger partial charge >= 0.3 is 5.97 Å². The standard InChI is InChI=1S/C25H34N2O6S/c1-18-9-10-21(34(30,31)26-11-6-5-7-12-26)16-22(18)25(29)33-17-24(28)23-15-19(2)27(20(23)3)13-8-14-32-4/h9-10,15-16H,5-8,11-14,17H2,1-4H3. The molecule has 2 heterocycles. The summed E-state index contributed by atoms with van der Waals surface area (Å²) in [7, 11) is -2.03. The number of aromatic nitrogens is 1. The zero-order chi connectivity index (χ0) is 24.9. The number of Topliss-reactive ketones (excluding diaryl/α,β-unsaturated/α-hetero) is 1. The number of nitrogens with zero attached hydrogens (tertiary/aromatic N) is 2. The number of methoxy groups -OCH3 is 1. The van der Waals surface area contributed by atoms with Crippen LogP contribution >= 0.6 is 0 Å². The van der Waals surface area contributed by atoms with Gasteiger partial charge < -0.3 is 14.0 Å². The number of ether oxygens (including phenoxy) is 2. The lowest BCUT2D eigenvalue weighted by Crippen LogP contribution is -2.35. The number of benzene rings is 1. The number of piperidine rings is 1. The second-order valence-corrected chi connectivity index (χ2v) is 10.7. The first-order chi connectivity index (χ1) is 16.2. The van der Waals surface area contributed by atoms with Crippen LogP contribution in [-0.4, -0.2) is 62.5 Å². The maximum absolute atomic E-state index is 13.0.